The van der Waals surface area contributed by atoms with Crippen LogP contribution >= 0.6 is 0 Å². The van der Waals surface area contributed by atoms with Crippen LogP contribution in [0.2, 0.25) is 0 Å². The third-order valence-corrected chi connectivity index (χ3v) is 7.04. The summed E-state index contributed by atoms with van der Waals surface area (Å²) in [5, 5.41) is 3.91. The lowest BCUT2D eigenvalue weighted by Crippen LogP contribution is -2.53. The Hall–Kier alpha value is -1.75. The smallest absolute Gasteiger partial charge is 0.231 e. The fourth-order valence-electron chi connectivity index (χ4n) is 6.69. The third kappa shape index (κ3) is 2.69. The van der Waals surface area contributed by atoms with E-state index < -0.39 is 0 Å². The standard InChI is InChI=1S/C20H26N4O/c21-17(8-13-1-3-22-4-2-13)18(19-23-12-24-25-19)20-9-14-5-15(10-20)7-16(6-14)11-20/h1-4,12,14-18H,5-11,21H2/t14?,15?,16?,17?,18-,20?/m0/s1. The number of aromatic nitrogens is 3. The van der Waals surface area contributed by atoms with E-state index in [1.807, 2.05) is 12.4 Å². The van der Waals surface area contributed by atoms with Crippen LogP contribution in [0.5, 0.6) is 0 Å². The molecule has 4 saturated carbocycles. The van der Waals surface area contributed by atoms with Crippen LogP contribution in [0.15, 0.2) is 35.4 Å². The highest BCUT2D eigenvalue weighted by Gasteiger charge is 2.56. The van der Waals surface area contributed by atoms with Crippen molar-refractivity contribution in [3.8, 4) is 0 Å². The van der Waals surface area contributed by atoms with Gasteiger partial charge in [-0.2, -0.15) is 4.98 Å². The monoisotopic (exact) mass is 338 g/mol. The molecule has 2 aromatic heterocycles. The summed E-state index contributed by atoms with van der Waals surface area (Å²) in [6, 6.07) is 4.12. The molecule has 0 spiro atoms. The van der Waals surface area contributed by atoms with Crippen molar-refractivity contribution < 1.29 is 4.52 Å². The molecule has 4 aliphatic carbocycles. The lowest BCUT2D eigenvalue weighted by Gasteiger charge is -2.59. The largest absolute Gasteiger partial charge is 0.339 e. The van der Waals surface area contributed by atoms with E-state index in [1.165, 1.54) is 50.4 Å². The van der Waals surface area contributed by atoms with Gasteiger partial charge in [0.2, 0.25) is 5.89 Å². The maximum atomic E-state index is 6.81. The number of nitrogens with two attached hydrogens (primary N) is 1. The van der Waals surface area contributed by atoms with Gasteiger partial charge in [0.15, 0.2) is 6.33 Å². The molecule has 132 valence electrons. The molecule has 2 heterocycles. The van der Waals surface area contributed by atoms with Crippen LogP contribution in [-0.4, -0.2) is 21.2 Å². The second kappa shape index (κ2) is 5.90. The van der Waals surface area contributed by atoms with Crippen LogP contribution in [0, 0.1) is 23.2 Å². The van der Waals surface area contributed by atoms with E-state index >= 15 is 0 Å². The maximum absolute atomic E-state index is 6.81. The molecule has 0 saturated heterocycles. The number of hydrogen-bond acceptors (Lipinski definition) is 5. The van der Waals surface area contributed by atoms with Crippen LogP contribution in [0.3, 0.4) is 0 Å². The molecule has 0 aliphatic heterocycles. The number of nitrogens with zero attached hydrogens (tertiary/aromatic N) is 3. The van der Waals surface area contributed by atoms with E-state index in [4.69, 9.17) is 10.3 Å². The first-order chi connectivity index (χ1) is 12.2. The molecule has 2 aromatic rings. The zero-order valence-corrected chi connectivity index (χ0v) is 14.6. The van der Waals surface area contributed by atoms with E-state index in [0.29, 0.717) is 0 Å². The van der Waals surface area contributed by atoms with Crippen molar-refractivity contribution in [3.05, 3.63) is 42.3 Å². The molecule has 2 N–H and O–H groups in total. The summed E-state index contributed by atoms with van der Waals surface area (Å²) in [5.74, 6) is 3.56. The van der Waals surface area contributed by atoms with Gasteiger partial charge in [0, 0.05) is 18.4 Å². The van der Waals surface area contributed by atoms with Crippen LogP contribution in [0.4, 0.5) is 0 Å². The zero-order valence-electron chi connectivity index (χ0n) is 14.6. The predicted octanol–water partition coefficient (Wildman–Crippen LogP) is 3.33. The van der Waals surface area contributed by atoms with E-state index in [9.17, 15) is 0 Å². The number of rotatable bonds is 5. The fraction of sp³-hybridized carbons (Fsp3) is 0.650. The molecular formula is C20H26N4O. The van der Waals surface area contributed by atoms with Gasteiger partial charge in [0.1, 0.15) is 0 Å². The highest BCUT2D eigenvalue weighted by atomic mass is 16.5. The van der Waals surface area contributed by atoms with Crippen molar-refractivity contribution in [3.63, 3.8) is 0 Å². The molecular weight excluding hydrogens is 312 g/mol. The maximum Gasteiger partial charge on any atom is 0.231 e. The summed E-state index contributed by atoms with van der Waals surface area (Å²) in [6.45, 7) is 0. The van der Waals surface area contributed by atoms with Gasteiger partial charge in [-0.1, -0.05) is 5.16 Å². The topological polar surface area (TPSA) is 77.8 Å². The Morgan fingerprint density at radius 3 is 2.28 bits per heavy atom. The van der Waals surface area contributed by atoms with Gasteiger partial charge in [-0.3, -0.25) is 4.98 Å². The lowest BCUT2D eigenvalue weighted by molar-refractivity contribution is -0.0779. The number of pyridine rings is 1. The minimum Gasteiger partial charge on any atom is -0.339 e. The van der Waals surface area contributed by atoms with Crippen LogP contribution < -0.4 is 5.73 Å². The van der Waals surface area contributed by atoms with Gasteiger partial charge in [-0.15, -0.1) is 0 Å². The molecule has 4 aliphatic rings. The van der Waals surface area contributed by atoms with Crippen molar-refractivity contribution in [2.75, 3.05) is 0 Å². The van der Waals surface area contributed by atoms with Crippen LogP contribution in [-0.2, 0) is 6.42 Å². The summed E-state index contributed by atoms with van der Waals surface area (Å²) in [7, 11) is 0. The quantitative estimate of drug-likeness (QED) is 0.904. The minimum absolute atomic E-state index is 0.000833. The molecule has 6 rings (SSSR count). The van der Waals surface area contributed by atoms with Gasteiger partial charge in [-0.05, 0) is 85.8 Å². The molecule has 4 bridgehead atoms. The summed E-state index contributed by atoms with van der Waals surface area (Å²) >= 11 is 0. The average Bonchev–Trinajstić information content (AvgIpc) is 3.08. The van der Waals surface area contributed by atoms with Crippen LogP contribution in [0.25, 0.3) is 0 Å². The molecule has 5 nitrogen and oxygen atoms in total. The Labute approximate surface area is 148 Å². The van der Waals surface area contributed by atoms with Gasteiger partial charge < -0.3 is 10.3 Å². The number of hydrogen-bond donors (Lipinski definition) is 1. The molecule has 2 atom stereocenters. The van der Waals surface area contributed by atoms with E-state index in [0.717, 1.165) is 30.1 Å². The van der Waals surface area contributed by atoms with E-state index in [2.05, 4.69) is 27.3 Å². The van der Waals surface area contributed by atoms with Gasteiger partial charge in [0.05, 0.1) is 5.92 Å². The molecule has 0 amide bonds. The fourth-order valence-corrected chi connectivity index (χ4v) is 6.69. The van der Waals surface area contributed by atoms with Crippen molar-refractivity contribution >= 4 is 0 Å². The Kier molecular flexibility index (Phi) is 3.66. The van der Waals surface area contributed by atoms with Gasteiger partial charge in [0.25, 0.3) is 0 Å². The normalized spacial score (nSPS) is 35.6. The van der Waals surface area contributed by atoms with E-state index in [-0.39, 0.29) is 17.4 Å². The van der Waals surface area contributed by atoms with Gasteiger partial charge >= 0.3 is 0 Å². The highest BCUT2D eigenvalue weighted by Crippen LogP contribution is 2.65. The van der Waals surface area contributed by atoms with Crippen LogP contribution in [0.1, 0.15) is 55.9 Å². The van der Waals surface area contributed by atoms with Crippen molar-refractivity contribution in [1.82, 2.24) is 15.1 Å². The summed E-state index contributed by atoms with van der Waals surface area (Å²) in [5.41, 5.74) is 8.31. The first-order valence-corrected chi connectivity index (χ1v) is 9.63. The summed E-state index contributed by atoms with van der Waals surface area (Å²) < 4.78 is 5.59. The molecule has 1 unspecified atom stereocenters. The second-order valence-electron chi connectivity index (χ2n) is 8.76. The van der Waals surface area contributed by atoms with Crippen molar-refractivity contribution in [1.29, 1.82) is 0 Å². The zero-order chi connectivity index (χ0) is 16.9. The average molecular weight is 338 g/mol. The van der Waals surface area contributed by atoms with Gasteiger partial charge in [-0.25, -0.2) is 0 Å². The third-order valence-electron chi connectivity index (χ3n) is 7.04. The lowest BCUT2D eigenvalue weighted by atomic mass is 9.45. The Morgan fingerprint density at radius 1 is 1.08 bits per heavy atom. The SMILES string of the molecule is NC(Cc1ccncc1)[C@@H](c1ncno1)C12CC3CC(CC(C3)C1)C2. The minimum atomic E-state index is -0.000833. The molecule has 25 heavy (non-hydrogen) atoms. The first-order valence-electron chi connectivity index (χ1n) is 9.63. The first kappa shape index (κ1) is 15.5. The summed E-state index contributed by atoms with van der Waals surface area (Å²) in [6.07, 6.45) is 14.2. The predicted molar refractivity (Wildman–Crippen MR) is 93.6 cm³/mol. The van der Waals surface area contributed by atoms with E-state index in [1.54, 1.807) is 0 Å². The second-order valence-corrected chi connectivity index (χ2v) is 8.76. The molecule has 0 aromatic carbocycles. The Balaban J connectivity index is 1.49. The Bertz CT molecular complexity index is 679. The molecule has 0 radical (unpaired) electrons. The molecule has 5 heteroatoms. The van der Waals surface area contributed by atoms with Crippen molar-refractivity contribution in [2.24, 2.45) is 28.9 Å². The molecule has 4 fully saturated rings. The Morgan fingerprint density at radius 2 is 1.72 bits per heavy atom. The summed E-state index contributed by atoms with van der Waals surface area (Å²) in [4.78, 5) is 8.59. The van der Waals surface area contributed by atoms with Crippen molar-refractivity contribution in [2.45, 2.75) is 56.9 Å². The highest BCUT2D eigenvalue weighted by molar-refractivity contribution is 5.18.